The lowest BCUT2D eigenvalue weighted by atomic mass is 10.2. The van der Waals surface area contributed by atoms with Crippen molar-refractivity contribution in [2.75, 3.05) is 18.9 Å². The second kappa shape index (κ2) is 3.64. The number of amides is 1. The minimum atomic E-state index is -0.964. The molecule has 80 valence electrons. The molecular formula is C9H11N3O3. The van der Waals surface area contributed by atoms with Gasteiger partial charge in [0, 0.05) is 5.56 Å². The van der Waals surface area contributed by atoms with Crippen LogP contribution in [0.15, 0.2) is 12.3 Å². The molecular weight excluding hydrogens is 198 g/mol. The molecule has 0 saturated carbocycles. The van der Waals surface area contributed by atoms with Gasteiger partial charge in [-0.1, -0.05) is 0 Å². The van der Waals surface area contributed by atoms with Crippen LogP contribution in [0.4, 0.5) is 10.5 Å². The predicted molar refractivity (Wildman–Crippen MR) is 52.6 cm³/mol. The Morgan fingerprint density at radius 2 is 2.47 bits per heavy atom. The van der Waals surface area contributed by atoms with E-state index < -0.39 is 6.09 Å². The Morgan fingerprint density at radius 1 is 1.67 bits per heavy atom. The van der Waals surface area contributed by atoms with Crippen LogP contribution in [0.5, 0.6) is 5.88 Å². The fourth-order valence-corrected chi connectivity index (χ4v) is 1.46. The lowest BCUT2D eigenvalue weighted by Gasteiger charge is -2.14. The zero-order chi connectivity index (χ0) is 10.8. The van der Waals surface area contributed by atoms with E-state index in [-0.39, 0.29) is 6.54 Å². The van der Waals surface area contributed by atoms with Crippen LogP contribution in [0, 0.1) is 0 Å². The lowest BCUT2D eigenvalue weighted by Crippen LogP contribution is -2.30. The Labute approximate surface area is 86.3 Å². The van der Waals surface area contributed by atoms with Gasteiger partial charge in [0.05, 0.1) is 25.0 Å². The van der Waals surface area contributed by atoms with E-state index in [2.05, 4.69) is 4.98 Å². The fraction of sp³-hybridized carbons (Fsp3) is 0.333. The number of ether oxygens (including phenoxy) is 1. The third-order valence-corrected chi connectivity index (χ3v) is 2.18. The number of hydrogen-bond acceptors (Lipinski definition) is 4. The first-order valence-electron chi connectivity index (χ1n) is 4.52. The molecule has 6 heteroatoms. The standard InChI is InChI=1S/C9H11N3O3/c10-7-3-6-5-12(9(13)14)1-2-15-8(6)11-4-7/h3-4H,1-2,5,10H2,(H,13,14). The molecule has 1 amide bonds. The molecule has 0 bridgehead atoms. The second-order valence-electron chi connectivity index (χ2n) is 3.29. The van der Waals surface area contributed by atoms with Gasteiger partial charge in [0.15, 0.2) is 0 Å². The van der Waals surface area contributed by atoms with E-state index in [0.29, 0.717) is 30.3 Å². The van der Waals surface area contributed by atoms with E-state index in [1.807, 2.05) is 0 Å². The van der Waals surface area contributed by atoms with Crippen LogP contribution in [-0.4, -0.2) is 34.2 Å². The minimum absolute atomic E-state index is 0.267. The van der Waals surface area contributed by atoms with Crippen molar-refractivity contribution in [3.8, 4) is 5.88 Å². The van der Waals surface area contributed by atoms with Gasteiger partial charge < -0.3 is 20.5 Å². The molecule has 1 aliphatic heterocycles. The van der Waals surface area contributed by atoms with Gasteiger partial charge in [-0.05, 0) is 6.07 Å². The largest absolute Gasteiger partial charge is 0.476 e. The van der Waals surface area contributed by atoms with Crippen LogP contribution < -0.4 is 10.5 Å². The lowest BCUT2D eigenvalue weighted by molar-refractivity contribution is 0.137. The van der Waals surface area contributed by atoms with Crippen molar-refractivity contribution in [3.05, 3.63) is 17.8 Å². The number of fused-ring (bicyclic) bond motifs is 1. The van der Waals surface area contributed by atoms with Crippen molar-refractivity contribution in [2.45, 2.75) is 6.54 Å². The quantitative estimate of drug-likeness (QED) is 0.650. The number of anilines is 1. The molecule has 2 rings (SSSR count). The van der Waals surface area contributed by atoms with E-state index in [9.17, 15) is 4.79 Å². The highest BCUT2D eigenvalue weighted by atomic mass is 16.5. The summed E-state index contributed by atoms with van der Waals surface area (Å²) in [7, 11) is 0. The summed E-state index contributed by atoms with van der Waals surface area (Å²) in [5.74, 6) is 0.466. The summed E-state index contributed by atoms with van der Waals surface area (Å²) in [6.07, 6.45) is 0.531. The maximum atomic E-state index is 10.8. The monoisotopic (exact) mass is 209 g/mol. The van der Waals surface area contributed by atoms with E-state index in [1.54, 1.807) is 6.07 Å². The van der Waals surface area contributed by atoms with Crippen LogP contribution in [0.3, 0.4) is 0 Å². The Balaban J connectivity index is 2.31. The number of nitrogens with zero attached hydrogens (tertiary/aromatic N) is 2. The summed E-state index contributed by atoms with van der Waals surface area (Å²) in [5, 5.41) is 8.88. The van der Waals surface area contributed by atoms with Crippen LogP contribution >= 0.6 is 0 Å². The van der Waals surface area contributed by atoms with Gasteiger partial charge in [-0.15, -0.1) is 0 Å². The zero-order valence-electron chi connectivity index (χ0n) is 8.01. The Kier molecular flexibility index (Phi) is 2.32. The summed E-state index contributed by atoms with van der Waals surface area (Å²) >= 11 is 0. The van der Waals surface area contributed by atoms with Crippen molar-refractivity contribution in [1.29, 1.82) is 0 Å². The van der Waals surface area contributed by atoms with Gasteiger partial charge >= 0.3 is 6.09 Å². The van der Waals surface area contributed by atoms with E-state index >= 15 is 0 Å². The highest BCUT2D eigenvalue weighted by Crippen LogP contribution is 2.22. The van der Waals surface area contributed by atoms with E-state index in [0.717, 1.165) is 0 Å². The molecule has 0 radical (unpaired) electrons. The van der Waals surface area contributed by atoms with Crippen molar-refractivity contribution in [1.82, 2.24) is 9.88 Å². The highest BCUT2D eigenvalue weighted by molar-refractivity contribution is 5.65. The summed E-state index contributed by atoms with van der Waals surface area (Å²) in [6.45, 7) is 0.921. The summed E-state index contributed by atoms with van der Waals surface area (Å²) in [5.41, 5.74) is 6.78. The fourth-order valence-electron chi connectivity index (χ4n) is 1.46. The number of rotatable bonds is 0. The number of nitrogen functional groups attached to an aromatic ring is 1. The van der Waals surface area contributed by atoms with Crippen molar-refractivity contribution >= 4 is 11.8 Å². The molecule has 0 aliphatic carbocycles. The zero-order valence-corrected chi connectivity index (χ0v) is 8.01. The molecule has 1 aromatic heterocycles. The predicted octanol–water partition coefficient (Wildman–Crippen LogP) is 0.536. The van der Waals surface area contributed by atoms with Gasteiger partial charge in [0.2, 0.25) is 5.88 Å². The topological polar surface area (TPSA) is 88.7 Å². The SMILES string of the molecule is Nc1cnc2c(c1)CN(C(=O)O)CCO2. The molecule has 0 aromatic carbocycles. The average Bonchev–Trinajstić information content (AvgIpc) is 2.39. The number of aromatic nitrogens is 1. The summed E-state index contributed by atoms with van der Waals surface area (Å²) in [4.78, 5) is 16.1. The van der Waals surface area contributed by atoms with Crippen LogP contribution in [0.1, 0.15) is 5.56 Å². The first kappa shape index (κ1) is 9.57. The summed E-state index contributed by atoms with van der Waals surface area (Å²) < 4.78 is 5.31. The minimum Gasteiger partial charge on any atom is -0.476 e. The van der Waals surface area contributed by atoms with Crippen molar-refractivity contribution in [3.63, 3.8) is 0 Å². The Hall–Kier alpha value is -1.98. The molecule has 0 atom stereocenters. The first-order chi connectivity index (χ1) is 7.16. The number of carboxylic acid groups (broad SMARTS) is 1. The smallest absolute Gasteiger partial charge is 0.407 e. The average molecular weight is 209 g/mol. The molecule has 0 unspecified atom stereocenters. The van der Waals surface area contributed by atoms with Crippen molar-refractivity contribution in [2.24, 2.45) is 0 Å². The third kappa shape index (κ3) is 1.93. The van der Waals surface area contributed by atoms with Crippen LogP contribution in [-0.2, 0) is 6.54 Å². The van der Waals surface area contributed by atoms with Crippen LogP contribution in [0.25, 0.3) is 0 Å². The maximum absolute atomic E-state index is 10.8. The number of hydrogen-bond donors (Lipinski definition) is 2. The summed E-state index contributed by atoms with van der Waals surface area (Å²) in [6, 6.07) is 1.68. The second-order valence-corrected chi connectivity index (χ2v) is 3.29. The van der Waals surface area contributed by atoms with Gasteiger partial charge in [-0.3, -0.25) is 0 Å². The van der Waals surface area contributed by atoms with Crippen molar-refractivity contribution < 1.29 is 14.6 Å². The number of pyridine rings is 1. The molecule has 0 fully saturated rings. The van der Waals surface area contributed by atoms with Gasteiger partial charge in [0.1, 0.15) is 6.61 Å². The molecule has 1 aliphatic rings. The van der Waals surface area contributed by atoms with Gasteiger partial charge in [-0.2, -0.15) is 0 Å². The molecule has 6 nitrogen and oxygen atoms in total. The van der Waals surface area contributed by atoms with E-state index in [4.69, 9.17) is 15.6 Å². The van der Waals surface area contributed by atoms with E-state index in [1.165, 1.54) is 11.1 Å². The molecule has 15 heavy (non-hydrogen) atoms. The Morgan fingerprint density at radius 3 is 3.20 bits per heavy atom. The molecule has 0 saturated heterocycles. The first-order valence-corrected chi connectivity index (χ1v) is 4.52. The maximum Gasteiger partial charge on any atom is 0.407 e. The number of nitrogens with two attached hydrogens (primary N) is 1. The third-order valence-electron chi connectivity index (χ3n) is 2.18. The van der Waals surface area contributed by atoms with Gasteiger partial charge in [0.25, 0.3) is 0 Å². The number of carbonyl (C=O) groups is 1. The normalized spacial score (nSPS) is 15.1. The highest BCUT2D eigenvalue weighted by Gasteiger charge is 2.19. The molecule has 1 aromatic rings. The van der Waals surface area contributed by atoms with Crippen LogP contribution in [0.2, 0.25) is 0 Å². The Bertz CT molecular complexity index is 394. The molecule has 0 spiro atoms. The molecule has 3 N–H and O–H groups in total. The molecule has 2 heterocycles. The van der Waals surface area contributed by atoms with Gasteiger partial charge in [-0.25, -0.2) is 9.78 Å².